The third-order valence-electron chi connectivity index (χ3n) is 5.10. The van der Waals surface area contributed by atoms with Crippen LogP contribution in [0.1, 0.15) is 22.0 Å². The molecule has 14 heteroatoms. The fourth-order valence-electron chi connectivity index (χ4n) is 3.46. The van der Waals surface area contributed by atoms with Crippen LogP contribution in [0, 0.1) is 11.6 Å². The molecule has 1 heterocycles. The van der Waals surface area contributed by atoms with E-state index in [4.69, 9.17) is 11.6 Å². The highest BCUT2D eigenvalue weighted by Gasteiger charge is 2.43. The molecule has 0 aliphatic carbocycles. The molecule has 2 N–H and O–H groups in total. The smallest absolute Gasteiger partial charge is 0.337 e. The molecule has 4 rings (SSSR count). The van der Waals surface area contributed by atoms with Gasteiger partial charge in [-0.05, 0) is 36.4 Å². The highest BCUT2D eigenvalue weighted by atomic mass is 35.5. The number of halogens is 6. The number of carbonyl (C=O) groups is 1. The molecule has 0 aliphatic heterocycles. The Morgan fingerprint density at radius 3 is 2.41 bits per heavy atom. The molecule has 0 unspecified atom stereocenters. The molecule has 0 saturated carbocycles. The first-order chi connectivity index (χ1) is 17.4. The average molecular weight is 557 g/mol. The van der Waals surface area contributed by atoms with Crippen molar-refractivity contribution in [3.05, 3.63) is 94.8 Å². The number of rotatable bonds is 6. The van der Waals surface area contributed by atoms with Gasteiger partial charge >= 0.3 is 6.18 Å². The van der Waals surface area contributed by atoms with E-state index in [0.717, 1.165) is 18.2 Å². The molecule has 7 nitrogen and oxygen atoms in total. The van der Waals surface area contributed by atoms with Crippen molar-refractivity contribution in [3.63, 3.8) is 0 Å². The number of anilines is 1. The maximum Gasteiger partial charge on any atom is 0.412 e. The summed E-state index contributed by atoms with van der Waals surface area (Å²) >= 11 is 5.95. The fraction of sp³-hybridized carbons (Fsp3) is 0.0870. The molecule has 0 radical (unpaired) electrons. The number of nitrogens with one attached hydrogen (secondary N) is 2. The molecular weight excluding hydrogens is 543 g/mol. The lowest BCUT2D eigenvalue weighted by Crippen LogP contribution is -2.39. The number of nitrogens with zero attached hydrogens (tertiary/aromatic N) is 2. The van der Waals surface area contributed by atoms with Gasteiger partial charge in [-0.1, -0.05) is 23.7 Å². The number of sulfonamides is 1. The van der Waals surface area contributed by atoms with Crippen LogP contribution in [0.2, 0.25) is 5.02 Å². The van der Waals surface area contributed by atoms with Gasteiger partial charge in [0.05, 0.1) is 16.8 Å². The topological polar surface area (TPSA) is 101 Å². The van der Waals surface area contributed by atoms with Gasteiger partial charge < -0.3 is 5.32 Å². The number of amides is 1. The summed E-state index contributed by atoms with van der Waals surface area (Å²) in [5.41, 5.74) is -1.77. The zero-order valence-electron chi connectivity index (χ0n) is 18.2. The van der Waals surface area contributed by atoms with Crippen LogP contribution in [-0.2, 0) is 10.0 Å². The van der Waals surface area contributed by atoms with Crippen molar-refractivity contribution in [2.24, 2.45) is 0 Å². The van der Waals surface area contributed by atoms with Crippen molar-refractivity contribution in [3.8, 4) is 0 Å². The molecule has 0 saturated heterocycles. The van der Waals surface area contributed by atoms with Crippen molar-refractivity contribution in [1.82, 2.24) is 15.3 Å². The highest BCUT2D eigenvalue weighted by molar-refractivity contribution is 7.93. The molecule has 1 atom stereocenters. The van der Waals surface area contributed by atoms with Crippen LogP contribution in [0.5, 0.6) is 0 Å². The first-order valence-corrected chi connectivity index (χ1v) is 12.1. The molecule has 37 heavy (non-hydrogen) atoms. The normalized spacial score (nSPS) is 12.8. The van der Waals surface area contributed by atoms with E-state index >= 15 is 0 Å². The maximum absolute atomic E-state index is 14.1. The summed E-state index contributed by atoms with van der Waals surface area (Å²) in [5.74, 6) is -4.05. The third kappa shape index (κ3) is 5.62. The monoisotopic (exact) mass is 556 g/mol. The van der Waals surface area contributed by atoms with Crippen LogP contribution >= 0.6 is 11.6 Å². The minimum Gasteiger partial charge on any atom is -0.337 e. The largest absolute Gasteiger partial charge is 0.412 e. The first kappa shape index (κ1) is 26.2. The number of carbonyl (C=O) groups excluding carboxylic acids is 1. The standard InChI is InChI=1S/C23H14ClF5N4O3S/c24-12-4-6-15(22(34)32-21(23(27,28)29)14-7-5-13(25)11-16(14)26)18(10-12)33-37(35,36)19-3-1-2-17-20(19)31-9-8-30-17/h1-11,21,33H,(H,32,34)/t21-/m0/s1. The van der Waals surface area contributed by atoms with Gasteiger partial charge in [0.1, 0.15) is 22.0 Å². The van der Waals surface area contributed by atoms with E-state index in [-0.39, 0.29) is 27.0 Å². The summed E-state index contributed by atoms with van der Waals surface area (Å²) in [5, 5.41) is 1.60. The number of para-hydroxylation sites is 1. The second-order valence-corrected chi connectivity index (χ2v) is 9.68. The van der Waals surface area contributed by atoms with E-state index in [1.807, 2.05) is 0 Å². The van der Waals surface area contributed by atoms with Crippen molar-refractivity contribution >= 4 is 44.3 Å². The van der Waals surface area contributed by atoms with Crippen molar-refractivity contribution in [2.75, 3.05) is 4.72 Å². The quantitative estimate of drug-likeness (QED) is 0.310. The van der Waals surface area contributed by atoms with Gasteiger partial charge in [-0.25, -0.2) is 17.2 Å². The lowest BCUT2D eigenvalue weighted by Gasteiger charge is -2.23. The first-order valence-electron chi connectivity index (χ1n) is 10.2. The van der Waals surface area contributed by atoms with E-state index < -0.39 is 56.6 Å². The Morgan fingerprint density at radius 1 is 0.973 bits per heavy atom. The molecule has 0 aliphatic rings. The van der Waals surface area contributed by atoms with E-state index in [1.165, 1.54) is 30.6 Å². The third-order valence-corrected chi connectivity index (χ3v) is 6.73. The van der Waals surface area contributed by atoms with Crippen LogP contribution in [0.3, 0.4) is 0 Å². The van der Waals surface area contributed by atoms with Crippen LogP contribution < -0.4 is 10.0 Å². The Hall–Kier alpha value is -3.84. The summed E-state index contributed by atoms with van der Waals surface area (Å²) in [6.07, 6.45) is -2.56. The summed E-state index contributed by atoms with van der Waals surface area (Å²) < 4.78 is 97.1. The Kier molecular flexibility index (Phi) is 7.02. The second-order valence-electron chi connectivity index (χ2n) is 7.59. The predicted octanol–water partition coefficient (Wildman–Crippen LogP) is 5.40. The summed E-state index contributed by atoms with van der Waals surface area (Å²) in [6, 6.07) is 5.85. The predicted molar refractivity (Wildman–Crippen MR) is 124 cm³/mol. The SMILES string of the molecule is O=C(N[C@@H](c1ccc(F)cc1F)C(F)(F)F)c1ccc(Cl)cc1NS(=O)(=O)c1cccc2nccnc12. The van der Waals surface area contributed by atoms with Crippen molar-refractivity contribution in [1.29, 1.82) is 0 Å². The molecule has 4 aromatic rings. The Bertz CT molecular complexity index is 1610. The zero-order chi connectivity index (χ0) is 27.0. The molecule has 1 aromatic heterocycles. The minimum absolute atomic E-state index is 0.00875. The van der Waals surface area contributed by atoms with E-state index in [1.54, 1.807) is 5.32 Å². The summed E-state index contributed by atoms with van der Waals surface area (Å²) in [7, 11) is -4.45. The molecular formula is C23H14ClF5N4O3S. The Labute approximate surface area is 211 Å². The number of benzene rings is 3. The fourth-order valence-corrected chi connectivity index (χ4v) is 4.87. The number of hydrogen-bond donors (Lipinski definition) is 2. The van der Waals surface area contributed by atoms with Crippen molar-refractivity contribution < 1.29 is 35.2 Å². The molecule has 0 bridgehead atoms. The van der Waals surface area contributed by atoms with Gasteiger partial charge in [-0.15, -0.1) is 0 Å². The van der Waals surface area contributed by atoms with E-state index in [9.17, 15) is 35.2 Å². The van der Waals surface area contributed by atoms with Gasteiger partial charge in [0.15, 0.2) is 6.04 Å². The van der Waals surface area contributed by atoms with Gasteiger partial charge in [0.2, 0.25) is 0 Å². The highest BCUT2D eigenvalue weighted by Crippen LogP contribution is 2.35. The molecule has 3 aromatic carbocycles. The molecule has 0 fully saturated rings. The lowest BCUT2D eigenvalue weighted by atomic mass is 10.0. The van der Waals surface area contributed by atoms with Crippen LogP contribution in [-0.4, -0.2) is 30.5 Å². The molecule has 192 valence electrons. The lowest BCUT2D eigenvalue weighted by molar-refractivity contribution is -0.155. The number of hydrogen-bond acceptors (Lipinski definition) is 5. The van der Waals surface area contributed by atoms with Crippen LogP contribution in [0.15, 0.2) is 71.9 Å². The van der Waals surface area contributed by atoms with E-state index in [2.05, 4.69) is 14.7 Å². The van der Waals surface area contributed by atoms with Crippen LogP contribution in [0.4, 0.5) is 27.6 Å². The summed E-state index contributed by atoms with van der Waals surface area (Å²) in [4.78, 5) is 20.6. The van der Waals surface area contributed by atoms with Gasteiger partial charge in [-0.3, -0.25) is 19.5 Å². The van der Waals surface area contributed by atoms with Gasteiger partial charge in [0.25, 0.3) is 15.9 Å². The number of fused-ring (bicyclic) bond motifs is 1. The van der Waals surface area contributed by atoms with Gasteiger partial charge in [-0.2, -0.15) is 13.2 Å². The number of alkyl halides is 3. The van der Waals surface area contributed by atoms with E-state index in [0.29, 0.717) is 12.1 Å². The second kappa shape index (κ2) is 9.90. The molecule has 0 spiro atoms. The summed E-state index contributed by atoms with van der Waals surface area (Å²) in [6.45, 7) is 0. The molecule has 1 amide bonds. The number of aromatic nitrogens is 2. The van der Waals surface area contributed by atoms with Crippen molar-refractivity contribution in [2.45, 2.75) is 17.1 Å². The zero-order valence-corrected chi connectivity index (χ0v) is 19.8. The van der Waals surface area contributed by atoms with Gasteiger partial charge in [0, 0.05) is 29.0 Å². The van der Waals surface area contributed by atoms with Crippen LogP contribution in [0.25, 0.3) is 11.0 Å². The Balaban J connectivity index is 1.72. The average Bonchev–Trinajstić information content (AvgIpc) is 2.81. The Morgan fingerprint density at radius 2 is 1.70 bits per heavy atom. The minimum atomic E-state index is -5.18. The maximum atomic E-state index is 14.1.